The second-order valence-corrected chi connectivity index (χ2v) is 5.51. The minimum absolute atomic E-state index is 0.0786. The van der Waals surface area contributed by atoms with Crippen LogP contribution in [0.25, 0.3) is 10.9 Å². The van der Waals surface area contributed by atoms with Crippen LogP contribution in [0.3, 0.4) is 0 Å². The average Bonchev–Trinajstić information content (AvgIpc) is 2.61. The quantitative estimate of drug-likeness (QED) is 0.415. The van der Waals surface area contributed by atoms with Crippen LogP contribution in [0.15, 0.2) is 59.7 Å². The van der Waals surface area contributed by atoms with E-state index in [1.54, 1.807) is 0 Å². The molecular weight excluding hydrogens is 362 g/mol. The molecule has 0 fully saturated rings. The van der Waals surface area contributed by atoms with E-state index in [1.165, 1.54) is 12.1 Å². The van der Waals surface area contributed by atoms with Gasteiger partial charge in [0.25, 0.3) is 0 Å². The molecule has 0 atom stereocenters. The van der Waals surface area contributed by atoms with E-state index in [0.717, 1.165) is 42.6 Å². The molecule has 0 saturated heterocycles. The number of hydrogen-bond donors (Lipinski definition) is 2. The van der Waals surface area contributed by atoms with Crippen LogP contribution in [0.2, 0.25) is 0 Å². The van der Waals surface area contributed by atoms with Crippen molar-refractivity contribution >= 4 is 22.6 Å². The molecule has 4 N–H and O–H groups in total. The summed E-state index contributed by atoms with van der Waals surface area (Å²) in [5.74, 6) is -6.18. The van der Waals surface area contributed by atoms with Crippen LogP contribution in [-0.4, -0.2) is 15.8 Å². The number of nitrogens with two attached hydrogens (primary N) is 2. The van der Waals surface area contributed by atoms with Gasteiger partial charge in [-0.25, -0.2) is 23.7 Å². The van der Waals surface area contributed by atoms with Gasteiger partial charge < -0.3 is 11.5 Å². The lowest BCUT2D eigenvalue weighted by molar-refractivity contribution is 0.0332. The number of fused-ring (bicyclic) bond motifs is 1. The van der Waals surface area contributed by atoms with E-state index >= 15 is 0 Å². The summed E-state index contributed by atoms with van der Waals surface area (Å²) in [6, 6.07) is 7.04. The van der Waals surface area contributed by atoms with Gasteiger partial charge in [-0.1, -0.05) is 0 Å². The molecule has 3 aromatic rings. The molecular formula is C18H13F4N5. The van der Waals surface area contributed by atoms with Gasteiger partial charge in [-0.15, -0.1) is 0 Å². The van der Waals surface area contributed by atoms with Gasteiger partial charge in [0, 0.05) is 17.0 Å². The smallest absolute Gasteiger partial charge is 0.331 e. The van der Waals surface area contributed by atoms with Crippen molar-refractivity contribution in [3.05, 3.63) is 77.8 Å². The Morgan fingerprint density at radius 3 is 2.33 bits per heavy atom. The molecule has 0 aliphatic heterocycles. The summed E-state index contributed by atoms with van der Waals surface area (Å²) >= 11 is 0. The van der Waals surface area contributed by atoms with Crippen molar-refractivity contribution in [2.45, 2.75) is 5.92 Å². The summed E-state index contributed by atoms with van der Waals surface area (Å²) in [5, 5.41) is 0.225. The SMILES string of the molecule is N/C=C\C(N)=Nc1nc(C(F)(F)c2ccc(F)cc2)nc2cc(F)ccc12. The molecule has 0 aliphatic carbocycles. The third kappa shape index (κ3) is 3.71. The van der Waals surface area contributed by atoms with Gasteiger partial charge in [0.05, 0.1) is 5.52 Å². The maximum absolute atomic E-state index is 14.9. The number of hydrogen-bond acceptors (Lipinski definition) is 4. The monoisotopic (exact) mass is 375 g/mol. The van der Waals surface area contributed by atoms with Crippen LogP contribution in [0.1, 0.15) is 11.4 Å². The molecule has 138 valence electrons. The fraction of sp³-hybridized carbons (Fsp3) is 0.0556. The van der Waals surface area contributed by atoms with Crippen LogP contribution in [0, 0.1) is 11.6 Å². The van der Waals surface area contributed by atoms with Crippen LogP contribution in [0.5, 0.6) is 0 Å². The van der Waals surface area contributed by atoms with Gasteiger partial charge in [0.1, 0.15) is 17.5 Å². The molecule has 27 heavy (non-hydrogen) atoms. The van der Waals surface area contributed by atoms with Crippen molar-refractivity contribution in [2.75, 3.05) is 0 Å². The first-order valence-corrected chi connectivity index (χ1v) is 7.65. The summed E-state index contributed by atoms with van der Waals surface area (Å²) in [6.45, 7) is 0. The Morgan fingerprint density at radius 1 is 1.00 bits per heavy atom. The summed E-state index contributed by atoms with van der Waals surface area (Å²) < 4.78 is 56.3. The summed E-state index contributed by atoms with van der Waals surface area (Å²) in [5.41, 5.74) is 10.3. The molecule has 0 radical (unpaired) electrons. The molecule has 2 aromatic carbocycles. The van der Waals surface area contributed by atoms with Crippen LogP contribution in [0.4, 0.5) is 23.4 Å². The van der Waals surface area contributed by atoms with E-state index in [0.29, 0.717) is 0 Å². The van der Waals surface area contributed by atoms with Crippen molar-refractivity contribution in [3.8, 4) is 0 Å². The maximum Gasteiger partial charge on any atom is 0.331 e. The normalized spacial score (nSPS) is 12.8. The predicted octanol–water partition coefficient (Wildman–Crippen LogP) is 3.51. The number of halogens is 4. The van der Waals surface area contributed by atoms with Crippen LogP contribution >= 0.6 is 0 Å². The maximum atomic E-state index is 14.9. The zero-order chi connectivity index (χ0) is 19.6. The highest BCUT2D eigenvalue weighted by Crippen LogP contribution is 2.36. The third-order valence-corrected chi connectivity index (χ3v) is 3.63. The lowest BCUT2D eigenvalue weighted by Gasteiger charge is -2.16. The minimum atomic E-state index is -3.67. The molecule has 0 saturated carbocycles. The minimum Gasteiger partial charge on any atom is -0.404 e. The van der Waals surface area contributed by atoms with Crippen molar-refractivity contribution < 1.29 is 17.6 Å². The molecule has 0 spiro atoms. The van der Waals surface area contributed by atoms with E-state index in [4.69, 9.17) is 11.5 Å². The Balaban J connectivity index is 2.24. The number of alkyl halides is 2. The van der Waals surface area contributed by atoms with Gasteiger partial charge in [0.15, 0.2) is 5.82 Å². The highest BCUT2D eigenvalue weighted by atomic mass is 19.3. The predicted molar refractivity (Wildman–Crippen MR) is 93.5 cm³/mol. The number of nitrogens with zero attached hydrogens (tertiary/aromatic N) is 3. The highest BCUT2D eigenvalue weighted by molar-refractivity contribution is 5.97. The Hall–Kier alpha value is -3.49. The zero-order valence-electron chi connectivity index (χ0n) is 13.7. The molecule has 0 amide bonds. The average molecular weight is 375 g/mol. The Bertz CT molecular complexity index is 1050. The second-order valence-electron chi connectivity index (χ2n) is 5.51. The number of benzene rings is 2. The van der Waals surface area contributed by atoms with Gasteiger partial charge in [-0.3, -0.25) is 0 Å². The molecule has 3 rings (SSSR count). The number of amidine groups is 1. The standard InChI is InChI=1S/C18H13F4N5/c19-11-3-1-10(2-4-11)18(21,22)17-25-14-9-12(20)5-6-13(14)16(27-17)26-15(24)7-8-23/h1-9H,23H2,(H2,24,25,26,27)/b8-7-. The van der Waals surface area contributed by atoms with E-state index in [2.05, 4.69) is 15.0 Å². The van der Waals surface area contributed by atoms with E-state index in [-0.39, 0.29) is 22.6 Å². The van der Waals surface area contributed by atoms with Crippen molar-refractivity contribution in [1.29, 1.82) is 0 Å². The topological polar surface area (TPSA) is 90.2 Å². The van der Waals surface area contributed by atoms with Gasteiger partial charge in [0.2, 0.25) is 5.82 Å². The second kappa shape index (κ2) is 7.02. The van der Waals surface area contributed by atoms with Crippen molar-refractivity contribution in [3.63, 3.8) is 0 Å². The largest absolute Gasteiger partial charge is 0.404 e. The molecule has 1 aromatic heterocycles. The van der Waals surface area contributed by atoms with E-state index < -0.39 is 28.9 Å². The zero-order valence-corrected chi connectivity index (χ0v) is 13.7. The Labute approximate surface area is 151 Å². The molecule has 5 nitrogen and oxygen atoms in total. The van der Waals surface area contributed by atoms with Gasteiger partial charge in [-0.2, -0.15) is 8.78 Å². The van der Waals surface area contributed by atoms with Crippen molar-refractivity contribution in [1.82, 2.24) is 9.97 Å². The Morgan fingerprint density at radius 2 is 1.67 bits per heavy atom. The summed E-state index contributed by atoms with van der Waals surface area (Å²) in [4.78, 5) is 11.5. The van der Waals surface area contributed by atoms with Crippen molar-refractivity contribution in [2.24, 2.45) is 16.5 Å². The number of aromatic nitrogens is 2. The molecule has 1 heterocycles. The molecule has 0 unspecified atom stereocenters. The third-order valence-electron chi connectivity index (χ3n) is 3.63. The molecule has 0 aliphatic rings. The fourth-order valence-electron chi connectivity index (χ4n) is 2.36. The fourth-order valence-corrected chi connectivity index (χ4v) is 2.36. The summed E-state index contributed by atoms with van der Waals surface area (Å²) in [7, 11) is 0. The first kappa shape index (κ1) is 18.3. The summed E-state index contributed by atoms with van der Waals surface area (Å²) in [6.07, 6.45) is 2.37. The number of aliphatic imine (C=N–C) groups is 1. The number of rotatable bonds is 4. The first-order valence-electron chi connectivity index (χ1n) is 7.65. The lowest BCUT2D eigenvalue weighted by Crippen LogP contribution is -2.19. The molecule has 0 bridgehead atoms. The van der Waals surface area contributed by atoms with Crippen LogP contribution < -0.4 is 11.5 Å². The van der Waals surface area contributed by atoms with Crippen LogP contribution in [-0.2, 0) is 5.92 Å². The highest BCUT2D eigenvalue weighted by Gasteiger charge is 2.38. The van der Waals surface area contributed by atoms with Gasteiger partial charge >= 0.3 is 5.92 Å². The Kier molecular flexibility index (Phi) is 4.76. The lowest BCUT2D eigenvalue weighted by atomic mass is 10.1. The van der Waals surface area contributed by atoms with E-state index in [1.807, 2.05) is 0 Å². The van der Waals surface area contributed by atoms with Gasteiger partial charge in [-0.05, 0) is 48.7 Å². The molecule has 9 heteroatoms. The van der Waals surface area contributed by atoms with E-state index in [9.17, 15) is 17.6 Å². The first-order chi connectivity index (χ1) is 12.8.